The highest BCUT2D eigenvalue weighted by Gasteiger charge is 2.49. The van der Waals surface area contributed by atoms with Crippen LogP contribution >= 0.6 is 0 Å². The molecule has 0 radical (unpaired) electrons. The third-order valence-electron chi connectivity index (χ3n) is 4.50. The maximum Gasteiger partial charge on any atom is 0.174 e. The summed E-state index contributed by atoms with van der Waals surface area (Å²) in [6.07, 6.45) is 3.11. The molecule has 0 N–H and O–H groups in total. The molecule has 1 atom stereocenters. The number of carbonyl (C=O) groups excluding carboxylic acids is 1. The lowest BCUT2D eigenvalue weighted by Crippen LogP contribution is -2.50. The lowest BCUT2D eigenvalue weighted by molar-refractivity contribution is -0.132. The fraction of sp³-hybridized carbons (Fsp3) is 0.286. The average Bonchev–Trinajstić information content (AvgIpc) is 3.12. The number of rotatable bonds is 4. The van der Waals surface area contributed by atoms with Gasteiger partial charge in [0.25, 0.3) is 0 Å². The Labute approximate surface area is 148 Å². The number of ketones is 1. The summed E-state index contributed by atoms with van der Waals surface area (Å²) in [5.74, 6) is 0.0750. The van der Waals surface area contributed by atoms with Crippen LogP contribution in [-0.4, -0.2) is 20.5 Å². The van der Waals surface area contributed by atoms with Gasteiger partial charge in [0.15, 0.2) is 11.3 Å². The van der Waals surface area contributed by atoms with Crippen molar-refractivity contribution in [3.63, 3.8) is 0 Å². The monoisotopic (exact) mass is 333 g/mol. The molecule has 0 fully saturated rings. The SMILES string of the molecule is Cc1ccccc1C(C(=O)C(C)(C)C)(c1ccccc1)n1cncn1. The summed E-state index contributed by atoms with van der Waals surface area (Å²) >= 11 is 0. The number of hydrogen-bond donors (Lipinski definition) is 0. The molecule has 3 rings (SSSR count). The Kier molecular flexibility index (Phi) is 4.29. The average molecular weight is 333 g/mol. The van der Waals surface area contributed by atoms with Crippen LogP contribution in [0.4, 0.5) is 0 Å². The van der Waals surface area contributed by atoms with Gasteiger partial charge in [-0.05, 0) is 23.6 Å². The van der Waals surface area contributed by atoms with Crippen molar-refractivity contribution in [3.05, 3.63) is 83.9 Å². The third kappa shape index (κ3) is 2.78. The Bertz CT molecular complexity index is 864. The fourth-order valence-electron chi connectivity index (χ4n) is 3.35. The molecule has 128 valence electrons. The molecule has 1 heterocycles. The molecule has 0 bridgehead atoms. The number of aryl methyl sites for hydroxylation is 1. The minimum atomic E-state index is -1.05. The molecule has 0 aliphatic rings. The largest absolute Gasteiger partial charge is 0.296 e. The molecule has 0 saturated heterocycles. The number of aromatic nitrogens is 3. The standard InChI is InChI=1S/C21H23N3O/c1-16-10-8-9-13-18(16)21(19(25)20(2,3)4,24-15-22-14-23-24)17-11-6-5-7-12-17/h5-15H,1-4H3. The zero-order valence-corrected chi connectivity index (χ0v) is 15.1. The van der Waals surface area contributed by atoms with Gasteiger partial charge in [0.1, 0.15) is 12.7 Å². The van der Waals surface area contributed by atoms with Gasteiger partial charge in [0.2, 0.25) is 0 Å². The molecule has 0 aliphatic carbocycles. The van der Waals surface area contributed by atoms with E-state index in [0.29, 0.717) is 0 Å². The summed E-state index contributed by atoms with van der Waals surface area (Å²) < 4.78 is 1.69. The van der Waals surface area contributed by atoms with Crippen LogP contribution in [0.5, 0.6) is 0 Å². The third-order valence-corrected chi connectivity index (χ3v) is 4.50. The Hall–Kier alpha value is -2.75. The first-order chi connectivity index (χ1) is 11.9. The Morgan fingerprint density at radius 3 is 2.16 bits per heavy atom. The second kappa shape index (κ2) is 6.28. The number of nitrogens with zero attached hydrogens (tertiary/aromatic N) is 3. The van der Waals surface area contributed by atoms with Crippen LogP contribution in [-0.2, 0) is 10.3 Å². The summed E-state index contributed by atoms with van der Waals surface area (Å²) in [6.45, 7) is 7.87. The maximum atomic E-state index is 13.8. The van der Waals surface area contributed by atoms with Crippen molar-refractivity contribution >= 4 is 5.78 Å². The highest BCUT2D eigenvalue weighted by Crippen LogP contribution is 2.41. The van der Waals surface area contributed by atoms with Crippen LogP contribution in [0.2, 0.25) is 0 Å². The summed E-state index contributed by atoms with van der Waals surface area (Å²) in [4.78, 5) is 18.0. The molecule has 0 spiro atoms. The minimum Gasteiger partial charge on any atom is -0.296 e. The fourth-order valence-corrected chi connectivity index (χ4v) is 3.35. The van der Waals surface area contributed by atoms with Gasteiger partial charge < -0.3 is 0 Å². The number of carbonyl (C=O) groups is 1. The molecule has 2 aromatic carbocycles. The van der Waals surface area contributed by atoms with Crippen molar-refractivity contribution in [3.8, 4) is 0 Å². The van der Waals surface area contributed by atoms with Crippen molar-refractivity contribution in [2.24, 2.45) is 5.41 Å². The van der Waals surface area contributed by atoms with Crippen molar-refractivity contribution in [2.75, 3.05) is 0 Å². The van der Waals surface area contributed by atoms with Gasteiger partial charge in [-0.15, -0.1) is 0 Å². The van der Waals surface area contributed by atoms with E-state index in [9.17, 15) is 4.79 Å². The quantitative estimate of drug-likeness (QED) is 0.725. The first kappa shape index (κ1) is 17.1. The molecule has 0 saturated carbocycles. The van der Waals surface area contributed by atoms with Crippen LogP contribution in [0.3, 0.4) is 0 Å². The predicted octanol–water partition coefficient (Wildman–Crippen LogP) is 3.99. The number of hydrogen-bond acceptors (Lipinski definition) is 3. The van der Waals surface area contributed by atoms with E-state index in [4.69, 9.17) is 0 Å². The molecular formula is C21H23N3O. The van der Waals surface area contributed by atoms with Crippen molar-refractivity contribution in [1.82, 2.24) is 14.8 Å². The Balaban J connectivity index is 2.45. The van der Waals surface area contributed by atoms with Crippen molar-refractivity contribution in [1.29, 1.82) is 0 Å². The molecule has 1 unspecified atom stereocenters. The van der Waals surface area contributed by atoms with E-state index in [-0.39, 0.29) is 5.78 Å². The summed E-state index contributed by atoms with van der Waals surface area (Å²) in [5.41, 5.74) is 1.23. The normalized spacial score (nSPS) is 14.1. The zero-order chi connectivity index (χ0) is 18.1. The van der Waals surface area contributed by atoms with E-state index in [0.717, 1.165) is 16.7 Å². The lowest BCUT2D eigenvalue weighted by Gasteiger charge is -2.39. The van der Waals surface area contributed by atoms with Crippen molar-refractivity contribution < 1.29 is 4.79 Å². The molecule has 4 nitrogen and oxygen atoms in total. The minimum absolute atomic E-state index is 0.0750. The van der Waals surface area contributed by atoms with Crippen molar-refractivity contribution in [2.45, 2.75) is 33.2 Å². The van der Waals surface area contributed by atoms with E-state index in [1.54, 1.807) is 11.0 Å². The first-order valence-electron chi connectivity index (χ1n) is 8.40. The van der Waals surface area contributed by atoms with Crippen LogP contribution in [0.25, 0.3) is 0 Å². The van der Waals surface area contributed by atoms with E-state index in [1.807, 2.05) is 82.3 Å². The van der Waals surface area contributed by atoms with Gasteiger partial charge >= 0.3 is 0 Å². The summed E-state index contributed by atoms with van der Waals surface area (Å²) in [7, 11) is 0. The molecule has 3 aromatic rings. The van der Waals surface area contributed by atoms with Crippen LogP contribution < -0.4 is 0 Å². The molecule has 1 aromatic heterocycles. The summed E-state index contributed by atoms with van der Waals surface area (Å²) in [6, 6.07) is 17.8. The highest BCUT2D eigenvalue weighted by atomic mass is 16.1. The Morgan fingerprint density at radius 1 is 0.960 bits per heavy atom. The lowest BCUT2D eigenvalue weighted by atomic mass is 9.69. The molecule has 0 aliphatic heterocycles. The predicted molar refractivity (Wildman–Crippen MR) is 98.3 cm³/mol. The van der Waals surface area contributed by atoms with E-state index >= 15 is 0 Å². The van der Waals surface area contributed by atoms with Gasteiger partial charge in [-0.1, -0.05) is 75.4 Å². The van der Waals surface area contributed by atoms with Crippen LogP contribution in [0.1, 0.15) is 37.5 Å². The van der Waals surface area contributed by atoms with E-state index < -0.39 is 11.0 Å². The van der Waals surface area contributed by atoms with Gasteiger partial charge in [-0.3, -0.25) is 4.79 Å². The van der Waals surface area contributed by atoms with E-state index in [2.05, 4.69) is 10.1 Å². The van der Waals surface area contributed by atoms with Gasteiger partial charge in [0, 0.05) is 5.41 Å². The highest BCUT2D eigenvalue weighted by molar-refractivity contribution is 5.97. The second-order valence-corrected chi connectivity index (χ2v) is 7.31. The van der Waals surface area contributed by atoms with Gasteiger partial charge in [0.05, 0.1) is 0 Å². The first-order valence-corrected chi connectivity index (χ1v) is 8.40. The van der Waals surface area contributed by atoms with Crippen LogP contribution in [0, 0.1) is 12.3 Å². The zero-order valence-electron chi connectivity index (χ0n) is 15.1. The van der Waals surface area contributed by atoms with E-state index in [1.165, 1.54) is 6.33 Å². The Morgan fingerprint density at radius 2 is 1.60 bits per heavy atom. The number of benzene rings is 2. The molecule has 25 heavy (non-hydrogen) atoms. The molecule has 0 amide bonds. The molecule has 4 heteroatoms. The summed E-state index contributed by atoms with van der Waals surface area (Å²) in [5, 5.41) is 4.40. The smallest absolute Gasteiger partial charge is 0.174 e. The van der Waals surface area contributed by atoms with Gasteiger partial charge in [-0.25, -0.2) is 9.67 Å². The maximum absolute atomic E-state index is 13.8. The van der Waals surface area contributed by atoms with Crippen LogP contribution in [0.15, 0.2) is 67.3 Å². The second-order valence-electron chi connectivity index (χ2n) is 7.31. The molecular weight excluding hydrogens is 310 g/mol. The van der Waals surface area contributed by atoms with Gasteiger partial charge in [-0.2, -0.15) is 5.10 Å². The number of Topliss-reactive ketones (excluding diaryl/α,β-unsaturated/α-hetero) is 1. The topological polar surface area (TPSA) is 47.8 Å².